The third-order valence-corrected chi connectivity index (χ3v) is 5.89. The number of ether oxygens (including phenoxy) is 1. The average molecular weight is 456 g/mol. The van der Waals surface area contributed by atoms with Crippen LogP contribution in [0.4, 0.5) is 5.82 Å². The van der Waals surface area contributed by atoms with Gasteiger partial charge in [-0.1, -0.05) is 24.8 Å². The first-order valence-corrected chi connectivity index (χ1v) is 11.1. The van der Waals surface area contributed by atoms with E-state index in [4.69, 9.17) is 15.6 Å². The van der Waals surface area contributed by atoms with E-state index in [1.807, 2.05) is 64.3 Å². The van der Waals surface area contributed by atoms with E-state index in [0.29, 0.717) is 24.6 Å². The van der Waals surface area contributed by atoms with Crippen molar-refractivity contribution in [1.29, 1.82) is 0 Å². The molecule has 0 unspecified atom stereocenters. The van der Waals surface area contributed by atoms with E-state index in [1.165, 1.54) is 12.4 Å². The highest BCUT2D eigenvalue weighted by molar-refractivity contribution is 5.98. The lowest BCUT2D eigenvalue weighted by molar-refractivity contribution is -0.121. The Labute approximate surface area is 196 Å². The van der Waals surface area contributed by atoms with Gasteiger partial charge in [-0.05, 0) is 55.3 Å². The molecule has 0 radical (unpaired) electrons. The molecule has 0 spiro atoms. The minimum atomic E-state index is -0.203. The predicted octanol–water partition coefficient (Wildman–Crippen LogP) is 3.72. The molecular weight excluding hydrogens is 430 g/mol. The number of carbonyl (C=O) groups is 1. The largest absolute Gasteiger partial charge is 0.457 e. The topological polar surface area (TPSA) is 111 Å². The second-order valence-electron chi connectivity index (χ2n) is 8.09. The summed E-state index contributed by atoms with van der Waals surface area (Å²) in [5.41, 5.74) is 11.4. The van der Waals surface area contributed by atoms with Crippen LogP contribution in [0.2, 0.25) is 0 Å². The number of hydrogen-bond donors (Lipinski definition) is 2. The van der Waals surface area contributed by atoms with E-state index in [2.05, 4.69) is 22.0 Å². The van der Waals surface area contributed by atoms with E-state index in [1.54, 1.807) is 0 Å². The number of nitrogens with two attached hydrogens (primary N) is 1. The number of nitrogens with zero attached hydrogens (tertiary/aromatic N) is 5. The zero-order valence-electron chi connectivity index (χ0n) is 18.6. The van der Waals surface area contributed by atoms with E-state index < -0.39 is 0 Å². The second kappa shape index (κ2) is 9.32. The van der Waals surface area contributed by atoms with E-state index in [9.17, 15) is 4.79 Å². The molecule has 1 fully saturated rings. The highest BCUT2D eigenvalue weighted by Gasteiger charge is 2.26. The van der Waals surface area contributed by atoms with E-state index in [0.717, 1.165) is 41.0 Å². The molecule has 3 N–H and O–H groups in total. The Morgan fingerprint density at radius 2 is 1.76 bits per heavy atom. The van der Waals surface area contributed by atoms with Crippen LogP contribution < -0.4 is 15.9 Å². The maximum absolute atomic E-state index is 11.6. The molecule has 2 aromatic heterocycles. The summed E-state index contributed by atoms with van der Waals surface area (Å²) in [6, 6.07) is 17.5. The van der Waals surface area contributed by atoms with E-state index >= 15 is 0 Å². The minimum absolute atomic E-state index is 0.128. The Balaban J connectivity index is 1.42. The Bertz CT molecular complexity index is 1310. The van der Waals surface area contributed by atoms with Crippen LogP contribution in [0.25, 0.3) is 22.3 Å². The molecule has 1 saturated heterocycles. The zero-order valence-corrected chi connectivity index (χ0v) is 18.6. The number of nitrogens with one attached hydrogen (secondary N) is 1. The van der Waals surface area contributed by atoms with Crippen LogP contribution in [0, 0.1) is 0 Å². The fourth-order valence-electron chi connectivity index (χ4n) is 4.18. The van der Waals surface area contributed by atoms with Crippen molar-refractivity contribution < 1.29 is 9.53 Å². The van der Waals surface area contributed by atoms with Crippen molar-refractivity contribution in [2.75, 3.05) is 18.8 Å². The van der Waals surface area contributed by atoms with Gasteiger partial charge in [0.2, 0.25) is 0 Å². The summed E-state index contributed by atoms with van der Waals surface area (Å²) < 4.78 is 7.86. The van der Waals surface area contributed by atoms with Gasteiger partial charge in [0.1, 0.15) is 29.3 Å². The van der Waals surface area contributed by atoms with Crippen LogP contribution in [-0.4, -0.2) is 43.8 Å². The van der Waals surface area contributed by atoms with Gasteiger partial charge >= 0.3 is 0 Å². The number of nitrogen functional groups attached to an aromatic ring is 1. The number of para-hydroxylation sites is 1. The monoisotopic (exact) mass is 455 g/mol. The molecule has 3 heterocycles. The standard InChI is InChI=1S/C25H25N7O2/c1-2-21(33)29-31-14-12-18(13-15-31)32-25-22(24(26)27-16-28-25)23(30-32)17-8-10-20(11-9-17)34-19-6-4-3-5-7-19/h2-11,16,18H,1,12-15H2,(H,29,33)(H2,26,27,28). The van der Waals surface area contributed by atoms with Crippen molar-refractivity contribution in [1.82, 2.24) is 30.2 Å². The highest BCUT2D eigenvalue weighted by Crippen LogP contribution is 2.35. The molecule has 1 aliphatic rings. The summed E-state index contributed by atoms with van der Waals surface area (Å²) in [5.74, 6) is 1.70. The molecular formula is C25H25N7O2. The highest BCUT2D eigenvalue weighted by atomic mass is 16.5. The number of benzene rings is 2. The number of amides is 1. The zero-order chi connectivity index (χ0) is 23.5. The number of rotatable bonds is 6. The quantitative estimate of drug-likeness (QED) is 0.426. The second-order valence-corrected chi connectivity index (χ2v) is 8.09. The molecule has 0 atom stereocenters. The summed E-state index contributed by atoms with van der Waals surface area (Å²) in [4.78, 5) is 20.3. The third-order valence-electron chi connectivity index (χ3n) is 5.89. The number of piperidine rings is 1. The fourth-order valence-corrected chi connectivity index (χ4v) is 4.18. The maximum atomic E-state index is 11.6. The number of hydrazine groups is 1. The maximum Gasteiger partial charge on any atom is 0.257 e. The fraction of sp³-hybridized carbons (Fsp3) is 0.200. The van der Waals surface area contributed by atoms with E-state index in [-0.39, 0.29) is 11.9 Å². The Hall–Kier alpha value is -4.24. The lowest BCUT2D eigenvalue weighted by Crippen LogP contribution is -2.46. The van der Waals surface area contributed by atoms with Crippen LogP contribution in [0.1, 0.15) is 18.9 Å². The predicted molar refractivity (Wildman–Crippen MR) is 130 cm³/mol. The van der Waals surface area contributed by atoms with Gasteiger partial charge in [-0.25, -0.2) is 19.7 Å². The number of aromatic nitrogens is 4. The van der Waals surface area contributed by atoms with Gasteiger partial charge in [0.15, 0.2) is 5.65 Å². The molecule has 1 amide bonds. The molecule has 34 heavy (non-hydrogen) atoms. The molecule has 172 valence electrons. The smallest absolute Gasteiger partial charge is 0.257 e. The Morgan fingerprint density at radius 3 is 2.47 bits per heavy atom. The molecule has 2 aromatic carbocycles. The van der Waals surface area contributed by atoms with Crippen LogP contribution in [0.5, 0.6) is 11.5 Å². The summed E-state index contributed by atoms with van der Waals surface area (Å²) in [5, 5.41) is 7.57. The van der Waals surface area contributed by atoms with Crippen LogP contribution in [0.15, 0.2) is 73.6 Å². The van der Waals surface area contributed by atoms with Crippen LogP contribution in [-0.2, 0) is 4.79 Å². The first-order valence-electron chi connectivity index (χ1n) is 11.1. The van der Waals surface area contributed by atoms with Gasteiger partial charge in [-0.3, -0.25) is 10.2 Å². The number of carbonyl (C=O) groups excluding carboxylic acids is 1. The van der Waals surface area contributed by atoms with Gasteiger partial charge < -0.3 is 10.5 Å². The number of fused-ring (bicyclic) bond motifs is 1. The molecule has 4 aromatic rings. The molecule has 1 aliphatic heterocycles. The molecule has 5 rings (SSSR count). The van der Waals surface area contributed by atoms with Gasteiger partial charge in [-0.15, -0.1) is 0 Å². The molecule has 0 saturated carbocycles. The molecule has 9 nitrogen and oxygen atoms in total. The van der Waals surface area contributed by atoms with Crippen LogP contribution >= 0.6 is 0 Å². The van der Waals surface area contributed by atoms with Crippen molar-refractivity contribution >= 4 is 22.8 Å². The summed E-state index contributed by atoms with van der Waals surface area (Å²) in [6.07, 6.45) is 4.36. The normalized spacial score (nSPS) is 14.7. The molecule has 0 bridgehead atoms. The molecule has 9 heteroatoms. The lowest BCUT2D eigenvalue weighted by Gasteiger charge is -2.31. The van der Waals surface area contributed by atoms with Gasteiger partial charge in [0.05, 0.1) is 11.4 Å². The Morgan fingerprint density at radius 1 is 1.06 bits per heavy atom. The minimum Gasteiger partial charge on any atom is -0.457 e. The third kappa shape index (κ3) is 4.33. The number of anilines is 1. The first-order chi connectivity index (χ1) is 16.6. The number of hydrogen-bond acceptors (Lipinski definition) is 7. The average Bonchev–Trinajstić information content (AvgIpc) is 3.26. The van der Waals surface area contributed by atoms with Crippen molar-refractivity contribution in [3.05, 3.63) is 73.6 Å². The van der Waals surface area contributed by atoms with Crippen LogP contribution in [0.3, 0.4) is 0 Å². The van der Waals surface area contributed by atoms with Gasteiger partial charge in [-0.2, -0.15) is 5.10 Å². The summed E-state index contributed by atoms with van der Waals surface area (Å²) in [7, 11) is 0. The van der Waals surface area contributed by atoms with Crippen molar-refractivity contribution in [3.63, 3.8) is 0 Å². The Kier molecular flexibility index (Phi) is 5.92. The summed E-state index contributed by atoms with van der Waals surface area (Å²) >= 11 is 0. The van der Waals surface area contributed by atoms with Crippen molar-refractivity contribution in [2.24, 2.45) is 0 Å². The summed E-state index contributed by atoms with van der Waals surface area (Å²) in [6.45, 7) is 4.90. The first kappa shape index (κ1) is 21.6. The van der Waals surface area contributed by atoms with Gasteiger partial charge in [0, 0.05) is 18.7 Å². The lowest BCUT2D eigenvalue weighted by atomic mass is 10.1. The SMILES string of the molecule is C=CC(=O)NN1CCC(n2nc(-c3ccc(Oc4ccccc4)cc3)c3c(N)ncnc32)CC1. The van der Waals surface area contributed by atoms with Crippen molar-refractivity contribution in [2.45, 2.75) is 18.9 Å². The van der Waals surface area contributed by atoms with Gasteiger partial charge in [0.25, 0.3) is 5.91 Å². The van der Waals surface area contributed by atoms with Crippen molar-refractivity contribution in [3.8, 4) is 22.8 Å². The molecule has 0 aliphatic carbocycles.